The fourth-order valence-electron chi connectivity index (χ4n) is 2.02. The molecule has 0 saturated heterocycles. The van der Waals surface area contributed by atoms with Gasteiger partial charge in [0.2, 0.25) is 5.78 Å². The molecule has 0 fully saturated rings. The number of carbonyl (C=O) groups is 2. The van der Waals surface area contributed by atoms with E-state index in [0.29, 0.717) is 11.1 Å². The van der Waals surface area contributed by atoms with Crippen LogP contribution in [0, 0.1) is 0 Å². The summed E-state index contributed by atoms with van der Waals surface area (Å²) in [7, 11) is 1.72. The summed E-state index contributed by atoms with van der Waals surface area (Å²) >= 11 is 0. The van der Waals surface area contributed by atoms with E-state index in [1.807, 2.05) is 18.2 Å². The molecule has 0 aliphatic carbocycles. The number of Topliss-reactive ketones (excluding diaryl/α,β-unsaturated/α-hetero) is 2. The van der Waals surface area contributed by atoms with Crippen molar-refractivity contribution in [2.45, 2.75) is 6.42 Å². The van der Waals surface area contributed by atoms with Crippen molar-refractivity contribution in [3.05, 3.63) is 54.0 Å². The zero-order chi connectivity index (χ0) is 14.1. The largest absolute Gasteiger partial charge is 0.453 e. The second-order valence-corrected chi connectivity index (χ2v) is 4.57. The SMILES string of the molecule is Cn1cc(C(=O)CC(=O)c2cc3ccccc3o2)cn1. The molecule has 2 aromatic heterocycles. The van der Waals surface area contributed by atoms with Crippen LogP contribution in [0.4, 0.5) is 0 Å². The Labute approximate surface area is 114 Å². The van der Waals surface area contributed by atoms with Gasteiger partial charge in [-0.05, 0) is 12.1 Å². The molecule has 0 N–H and O–H groups in total. The Kier molecular flexibility index (Phi) is 2.95. The summed E-state index contributed by atoms with van der Waals surface area (Å²) in [6, 6.07) is 9.01. The summed E-state index contributed by atoms with van der Waals surface area (Å²) < 4.78 is 6.98. The molecule has 5 nitrogen and oxygen atoms in total. The minimum Gasteiger partial charge on any atom is -0.453 e. The Balaban J connectivity index is 1.80. The second kappa shape index (κ2) is 4.77. The molecule has 0 bridgehead atoms. The van der Waals surface area contributed by atoms with Crippen molar-refractivity contribution in [3.8, 4) is 0 Å². The van der Waals surface area contributed by atoms with Crippen LogP contribution < -0.4 is 0 Å². The van der Waals surface area contributed by atoms with E-state index in [4.69, 9.17) is 4.42 Å². The standard InChI is InChI=1S/C15H12N2O3/c1-17-9-11(8-16-17)12(18)7-13(19)15-6-10-4-2-3-5-14(10)20-15/h2-6,8-9H,7H2,1H3. The first-order valence-corrected chi connectivity index (χ1v) is 6.17. The van der Waals surface area contributed by atoms with Gasteiger partial charge in [0, 0.05) is 18.6 Å². The summed E-state index contributed by atoms with van der Waals surface area (Å²) in [5.74, 6) is -0.373. The number of para-hydroxylation sites is 1. The van der Waals surface area contributed by atoms with Crippen LogP contribution in [0.1, 0.15) is 27.3 Å². The maximum atomic E-state index is 12.1. The number of carbonyl (C=O) groups excluding carboxylic acids is 2. The average molecular weight is 268 g/mol. The van der Waals surface area contributed by atoms with Crippen LogP contribution in [0.5, 0.6) is 0 Å². The number of rotatable bonds is 4. The van der Waals surface area contributed by atoms with Crippen molar-refractivity contribution in [3.63, 3.8) is 0 Å². The van der Waals surface area contributed by atoms with Crippen molar-refractivity contribution < 1.29 is 14.0 Å². The zero-order valence-electron chi connectivity index (χ0n) is 10.9. The minimum absolute atomic E-state index is 0.212. The number of fused-ring (bicyclic) bond motifs is 1. The normalized spacial score (nSPS) is 10.8. The van der Waals surface area contributed by atoms with Gasteiger partial charge in [0.15, 0.2) is 11.5 Å². The Morgan fingerprint density at radius 1 is 1.25 bits per heavy atom. The van der Waals surface area contributed by atoms with E-state index in [9.17, 15) is 9.59 Å². The van der Waals surface area contributed by atoms with E-state index in [2.05, 4.69) is 5.10 Å². The zero-order valence-corrected chi connectivity index (χ0v) is 10.9. The number of hydrogen-bond donors (Lipinski definition) is 0. The molecule has 0 unspecified atom stereocenters. The predicted molar refractivity (Wildman–Crippen MR) is 72.7 cm³/mol. The monoisotopic (exact) mass is 268 g/mol. The topological polar surface area (TPSA) is 65.1 Å². The van der Waals surface area contributed by atoms with E-state index < -0.39 is 0 Å². The fraction of sp³-hybridized carbons (Fsp3) is 0.133. The lowest BCUT2D eigenvalue weighted by Crippen LogP contribution is -2.07. The quantitative estimate of drug-likeness (QED) is 0.539. The highest BCUT2D eigenvalue weighted by atomic mass is 16.3. The Bertz CT molecular complexity index is 765. The molecule has 1 aromatic carbocycles. The Hall–Kier alpha value is -2.69. The summed E-state index contributed by atoms with van der Waals surface area (Å²) in [6.07, 6.45) is 2.83. The predicted octanol–water partition coefficient (Wildman–Crippen LogP) is 2.62. The van der Waals surface area contributed by atoms with Gasteiger partial charge in [-0.1, -0.05) is 18.2 Å². The first kappa shape index (κ1) is 12.3. The molecule has 0 saturated carbocycles. The van der Waals surface area contributed by atoms with Crippen molar-refractivity contribution in [2.75, 3.05) is 0 Å². The molecule has 20 heavy (non-hydrogen) atoms. The van der Waals surface area contributed by atoms with E-state index in [1.165, 1.54) is 10.9 Å². The Morgan fingerprint density at radius 2 is 2.05 bits per heavy atom. The van der Waals surface area contributed by atoms with Crippen molar-refractivity contribution >= 4 is 22.5 Å². The molecule has 2 heterocycles. The molecule has 0 aliphatic rings. The van der Waals surface area contributed by atoms with Crippen LogP contribution >= 0.6 is 0 Å². The van der Waals surface area contributed by atoms with Gasteiger partial charge in [0.25, 0.3) is 0 Å². The number of benzene rings is 1. The molecule has 0 amide bonds. The molecule has 0 spiro atoms. The van der Waals surface area contributed by atoms with Gasteiger partial charge < -0.3 is 4.42 Å². The summed E-state index contributed by atoms with van der Waals surface area (Å²) in [4.78, 5) is 24.0. The maximum Gasteiger partial charge on any atom is 0.205 e. The fourth-order valence-corrected chi connectivity index (χ4v) is 2.02. The van der Waals surface area contributed by atoms with Crippen LogP contribution in [0.3, 0.4) is 0 Å². The van der Waals surface area contributed by atoms with E-state index in [0.717, 1.165) is 5.39 Å². The Morgan fingerprint density at radius 3 is 2.75 bits per heavy atom. The lowest BCUT2D eigenvalue weighted by Gasteiger charge is -1.95. The van der Waals surface area contributed by atoms with E-state index in [-0.39, 0.29) is 23.7 Å². The minimum atomic E-state index is -0.324. The van der Waals surface area contributed by atoms with Crippen LogP contribution in [-0.4, -0.2) is 21.3 Å². The third-order valence-corrected chi connectivity index (χ3v) is 3.05. The number of aromatic nitrogens is 2. The van der Waals surface area contributed by atoms with Gasteiger partial charge in [-0.15, -0.1) is 0 Å². The summed E-state index contributed by atoms with van der Waals surface area (Å²) in [5.41, 5.74) is 1.07. The molecule has 5 heteroatoms. The van der Waals surface area contributed by atoms with Crippen LogP contribution in [-0.2, 0) is 7.05 Å². The third-order valence-electron chi connectivity index (χ3n) is 3.05. The molecule has 3 aromatic rings. The van der Waals surface area contributed by atoms with E-state index in [1.54, 1.807) is 25.4 Å². The van der Waals surface area contributed by atoms with Crippen molar-refractivity contribution in [2.24, 2.45) is 7.05 Å². The van der Waals surface area contributed by atoms with Crippen molar-refractivity contribution in [1.82, 2.24) is 9.78 Å². The average Bonchev–Trinajstić information content (AvgIpc) is 3.04. The molecule has 0 radical (unpaired) electrons. The number of nitrogens with zero attached hydrogens (tertiary/aromatic N) is 2. The number of furan rings is 1. The second-order valence-electron chi connectivity index (χ2n) is 4.57. The smallest absolute Gasteiger partial charge is 0.205 e. The molecule has 0 atom stereocenters. The lowest BCUT2D eigenvalue weighted by atomic mass is 10.1. The van der Waals surface area contributed by atoms with Crippen LogP contribution in [0.15, 0.2) is 47.1 Å². The van der Waals surface area contributed by atoms with Gasteiger partial charge in [0.05, 0.1) is 18.2 Å². The number of ketones is 2. The van der Waals surface area contributed by atoms with Crippen LogP contribution in [0.2, 0.25) is 0 Å². The summed E-state index contributed by atoms with van der Waals surface area (Å²) in [5, 5.41) is 4.77. The number of aryl methyl sites for hydroxylation is 1. The van der Waals surface area contributed by atoms with Gasteiger partial charge in [-0.3, -0.25) is 14.3 Å². The van der Waals surface area contributed by atoms with Gasteiger partial charge in [-0.2, -0.15) is 5.10 Å². The first-order chi connectivity index (χ1) is 9.63. The highest BCUT2D eigenvalue weighted by Crippen LogP contribution is 2.20. The molecular weight excluding hydrogens is 256 g/mol. The molecular formula is C15H12N2O3. The number of hydrogen-bond acceptors (Lipinski definition) is 4. The highest BCUT2D eigenvalue weighted by Gasteiger charge is 2.18. The first-order valence-electron chi connectivity index (χ1n) is 6.17. The van der Waals surface area contributed by atoms with Gasteiger partial charge in [-0.25, -0.2) is 0 Å². The third kappa shape index (κ3) is 2.25. The summed E-state index contributed by atoms with van der Waals surface area (Å²) in [6.45, 7) is 0. The van der Waals surface area contributed by atoms with E-state index >= 15 is 0 Å². The molecule has 3 rings (SSSR count). The maximum absolute atomic E-state index is 12.1. The highest BCUT2D eigenvalue weighted by molar-refractivity contribution is 6.13. The molecule has 100 valence electrons. The van der Waals surface area contributed by atoms with Gasteiger partial charge in [0.1, 0.15) is 5.58 Å². The molecule has 0 aliphatic heterocycles. The lowest BCUT2D eigenvalue weighted by molar-refractivity contribution is 0.0879. The van der Waals surface area contributed by atoms with Crippen molar-refractivity contribution in [1.29, 1.82) is 0 Å². The van der Waals surface area contributed by atoms with Crippen LogP contribution in [0.25, 0.3) is 11.0 Å². The van der Waals surface area contributed by atoms with Gasteiger partial charge >= 0.3 is 0 Å².